The molecular formula is C34H59NO8. The summed E-state index contributed by atoms with van der Waals surface area (Å²) in [6.07, 6.45) is 22.0. The van der Waals surface area contributed by atoms with Gasteiger partial charge in [-0.05, 0) is 51.4 Å². The summed E-state index contributed by atoms with van der Waals surface area (Å²) in [7, 11) is 0. The molecule has 1 fully saturated rings. The Kier molecular flexibility index (Phi) is 23.2. The Morgan fingerprint density at radius 3 is 2.07 bits per heavy atom. The molecule has 248 valence electrons. The Balaban J connectivity index is 2.34. The summed E-state index contributed by atoms with van der Waals surface area (Å²) in [5, 5.41) is 53.2. The topological polar surface area (TPSA) is 149 Å². The maximum Gasteiger partial charge on any atom is 0.220 e. The van der Waals surface area contributed by atoms with Crippen molar-refractivity contribution >= 4 is 5.91 Å². The SMILES string of the molecule is CC/C=C\C/C=C\C/C=C\C/C=C\CCCCCCC(=O)NC(COC1OC(CO)C(O)C(O)C1O)C(O)CCCCC. The molecule has 0 spiro atoms. The first kappa shape index (κ1) is 39.2. The lowest BCUT2D eigenvalue weighted by atomic mass is 9.99. The van der Waals surface area contributed by atoms with Crippen LogP contribution in [0.5, 0.6) is 0 Å². The summed E-state index contributed by atoms with van der Waals surface area (Å²) >= 11 is 0. The monoisotopic (exact) mass is 609 g/mol. The number of hydrogen-bond donors (Lipinski definition) is 6. The number of unbranched alkanes of at least 4 members (excludes halogenated alkanes) is 6. The van der Waals surface area contributed by atoms with Gasteiger partial charge in [-0.2, -0.15) is 0 Å². The van der Waals surface area contributed by atoms with Crippen molar-refractivity contribution in [3.8, 4) is 0 Å². The molecule has 0 aromatic carbocycles. The Morgan fingerprint density at radius 2 is 1.44 bits per heavy atom. The van der Waals surface area contributed by atoms with Crippen molar-refractivity contribution in [2.45, 2.75) is 147 Å². The van der Waals surface area contributed by atoms with Crippen LogP contribution in [0.1, 0.15) is 104 Å². The number of carbonyl (C=O) groups is 1. The Morgan fingerprint density at radius 1 is 0.814 bits per heavy atom. The smallest absolute Gasteiger partial charge is 0.220 e. The Labute approximate surface area is 259 Å². The summed E-state index contributed by atoms with van der Waals surface area (Å²) in [6.45, 7) is 3.49. The molecule has 1 aliphatic heterocycles. The molecule has 0 saturated carbocycles. The normalized spacial score (nSPS) is 24.5. The highest BCUT2D eigenvalue weighted by atomic mass is 16.7. The van der Waals surface area contributed by atoms with Crippen molar-refractivity contribution in [2.24, 2.45) is 0 Å². The van der Waals surface area contributed by atoms with Gasteiger partial charge in [0.15, 0.2) is 6.29 Å². The van der Waals surface area contributed by atoms with E-state index in [1.807, 2.05) is 0 Å². The van der Waals surface area contributed by atoms with Gasteiger partial charge in [0.25, 0.3) is 0 Å². The number of nitrogens with one attached hydrogen (secondary N) is 1. The summed E-state index contributed by atoms with van der Waals surface area (Å²) < 4.78 is 11.0. The highest BCUT2D eigenvalue weighted by Gasteiger charge is 2.44. The number of rotatable bonds is 24. The van der Waals surface area contributed by atoms with Gasteiger partial charge in [-0.3, -0.25) is 4.79 Å². The van der Waals surface area contributed by atoms with Crippen LogP contribution >= 0.6 is 0 Å². The van der Waals surface area contributed by atoms with Gasteiger partial charge in [-0.1, -0.05) is 94.6 Å². The first-order valence-corrected chi connectivity index (χ1v) is 16.3. The Hall–Kier alpha value is -1.85. The molecule has 0 aromatic rings. The zero-order valence-corrected chi connectivity index (χ0v) is 26.4. The number of hydrogen-bond acceptors (Lipinski definition) is 8. The van der Waals surface area contributed by atoms with Gasteiger partial charge in [0.2, 0.25) is 5.91 Å². The second-order valence-electron chi connectivity index (χ2n) is 11.2. The number of carbonyl (C=O) groups excluding carboxylic acids is 1. The number of ether oxygens (including phenoxy) is 2. The molecule has 7 atom stereocenters. The molecule has 43 heavy (non-hydrogen) atoms. The van der Waals surface area contributed by atoms with Crippen LogP contribution in [0.15, 0.2) is 48.6 Å². The van der Waals surface area contributed by atoms with Gasteiger partial charge >= 0.3 is 0 Å². The lowest BCUT2D eigenvalue weighted by Gasteiger charge is -2.40. The number of aliphatic hydroxyl groups excluding tert-OH is 5. The average molecular weight is 610 g/mol. The molecule has 7 unspecified atom stereocenters. The van der Waals surface area contributed by atoms with E-state index in [9.17, 15) is 30.3 Å². The van der Waals surface area contributed by atoms with E-state index in [1.165, 1.54) is 0 Å². The van der Waals surface area contributed by atoms with E-state index in [1.54, 1.807) is 0 Å². The molecule has 1 amide bonds. The van der Waals surface area contributed by atoms with E-state index in [2.05, 4.69) is 67.8 Å². The molecule has 9 nitrogen and oxygen atoms in total. The quantitative estimate of drug-likeness (QED) is 0.0698. The fourth-order valence-electron chi connectivity index (χ4n) is 4.74. The standard InChI is InChI=1S/C34H59NO8/c1-3-5-7-8-9-10-11-12-13-14-15-16-17-18-19-20-22-24-30(38)35-27(28(37)23-21-6-4-2)26-42-34-33(41)32(40)31(39)29(25-36)43-34/h5,7,9-10,12-13,15-16,27-29,31-34,36-37,39-41H,3-4,6,8,11,14,17-26H2,1-2H3,(H,35,38)/b7-5-,10-9-,13-12-,16-15-. The third-order valence-corrected chi connectivity index (χ3v) is 7.45. The van der Waals surface area contributed by atoms with E-state index in [4.69, 9.17) is 9.47 Å². The van der Waals surface area contributed by atoms with Crippen LogP contribution in [0.2, 0.25) is 0 Å². The van der Waals surface area contributed by atoms with Gasteiger partial charge in [-0.25, -0.2) is 0 Å². The van der Waals surface area contributed by atoms with Crippen LogP contribution in [0, 0.1) is 0 Å². The second-order valence-corrected chi connectivity index (χ2v) is 11.2. The fraction of sp³-hybridized carbons (Fsp3) is 0.735. The molecule has 0 aromatic heterocycles. The third kappa shape index (κ3) is 17.9. The highest BCUT2D eigenvalue weighted by molar-refractivity contribution is 5.76. The predicted molar refractivity (Wildman–Crippen MR) is 170 cm³/mol. The van der Waals surface area contributed by atoms with E-state index in [0.29, 0.717) is 12.8 Å². The first-order chi connectivity index (χ1) is 20.8. The van der Waals surface area contributed by atoms with Crippen LogP contribution in [-0.4, -0.2) is 87.5 Å². The van der Waals surface area contributed by atoms with E-state index < -0.39 is 49.5 Å². The lowest BCUT2D eigenvalue weighted by molar-refractivity contribution is -0.302. The minimum absolute atomic E-state index is 0.156. The van der Waals surface area contributed by atoms with Crippen LogP contribution in [0.4, 0.5) is 0 Å². The molecule has 9 heteroatoms. The fourth-order valence-corrected chi connectivity index (χ4v) is 4.74. The molecule has 1 rings (SSSR count). The van der Waals surface area contributed by atoms with E-state index in [-0.39, 0.29) is 12.5 Å². The number of allylic oxidation sites excluding steroid dienone is 8. The van der Waals surface area contributed by atoms with E-state index in [0.717, 1.165) is 77.0 Å². The minimum Gasteiger partial charge on any atom is -0.394 e. The number of amides is 1. The summed E-state index contributed by atoms with van der Waals surface area (Å²) in [5.41, 5.74) is 0. The molecule has 0 bridgehead atoms. The minimum atomic E-state index is -1.55. The molecule has 1 saturated heterocycles. The summed E-state index contributed by atoms with van der Waals surface area (Å²) in [5.74, 6) is -0.184. The van der Waals surface area contributed by atoms with Crippen molar-refractivity contribution in [1.82, 2.24) is 5.32 Å². The Bertz CT molecular complexity index is 812. The lowest BCUT2D eigenvalue weighted by Crippen LogP contribution is -2.60. The maximum atomic E-state index is 12.7. The molecule has 0 radical (unpaired) electrons. The molecule has 1 heterocycles. The zero-order valence-electron chi connectivity index (χ0n) is 26.4. The van der Waals surface area contributed by atoms with Gasteiger partial charge in [-0.15, -0.1) is 0 Å². The van der Waals surface area contributed by atoms with Crippen LogP contribution in [0.25, 0.3) is 0 Å². The molecular weight excluding hydrogens is 550 g/mol. The average Bonchev–Trinajstić information content (AvgIpc) is 3.00. The van der Waals surface area contributed by atoms with Crippen LogP contribution in [-0.2, 0) is 14.3 Å². The van der Waals surface area contributed by atoms with Gasteiger partial charge in [0.05, 0.1) is 25.4 Å². The maximum absolute atomic E-state index is 12.7. The van der Waals surface area contributed by atoms with Crippen LogP contribution in [0.3, 0.4) is 0 Å². The molecule has 6 N–H and O–H groups in total. The highest BCUT2D eigenvalue weighted by Crippen LogP contribution is 2.22. The van der Waals surface area contributed by atoms with E-state index >= 15 is 0 Å². The van der Waals surface area contributed by atoms with Crippen molar-refractivity contribution in [1.29, 1.82) is 0 Å². The summed E-state index contributed by atoms with van der Waals surface area (Å²) in [4.78, 5) is 12.7. The second kappa shape index (κ2) is 25.5. The van der Waals surface area contributed by atoms with Crippen molar-refractivity contribution in [2.75, 3.05) is 13.2 Å². The first-order valence-electron chi connectivity index (χ1n) is 16.3. The largest absolute Gasteiger partial charge is 0.394 e. The molecule has 1 aliphatic rings. The number of aliphatic hydroxyl groups is 5. The van der Waals surface area contributed by atoms with Gasteiger partial charge in [0.1, 0.15) is 24.4 Å². The van der Waals surface area contributed by atoms with Crippen molar-refractivity contribution < 1.29 is 39.8 Å². The predicted octanol–water partition coefficient (Wildman–Crippen LogP) is 4.37. The van der Waals surface area contributed by atoms with Crippen molar-refractivity contribution in [3.63, 3.8) is 0 Å². The summed E-state index contributed by atoms with van der Waals surface area (Å²) in [6, 6.07) is -0.727. The van der Waals surface area contributed by atoms with Crippen molar-refractivity contribution in [3.05, 3.63) is 48.6 Å². The molecule has 0 aliphatic carbocycles. The van der Waals surface area contributed by atoms with Crippen LogP contribution < -0.4 is 5.32 Å². The van der Waals surface area contributed by atoms with Gasteiger partial charge < -0.3 is 40.3 Å². The van der Waals surface area contributed by atoms with Gasteiger partial charge in [0, 0.05) is 6.42 Å². The zero-order chi connectivity index (χ0) is 31.7. The third-order valence-electron chi connectivity index (χ3n) is 7.45.